The molecule has 0 fully saturated rings. The van der Waals surface area contributed by atoms with Gasteiger partial charge in [0.2, 0.25) is 0 Å². The summed E-state index contributed by atoms with van der Waals surface area (Å²) in [5.41, 5.74) is 1.36. The molecule has 0 spiro atoms. The number of carboxylic acids is 1. The summed E-state index contributed by atoms with van der Waals surface area (Å²) in [5.74, 6) is -1.52. The lowest BCUT2D eigenvalue weighted by molar-refractivity contribution is 0.0592. The molecule has 0 radical (unpaired) electrons. The first-order chi connectivity index (χ1) is 12.9. The lowest BCUT2D eigenvalue weighted by Crippen LogP contribution is -2.01. The Kier molecular flexibility index (Phi) is 5.46. The van der Waals surface area contributed by atoms with Gasteiger partial charge in [-0.1, -0.05) is 0 Å². The second-order valence-electron chi connectivity index (χ2n) is 5.01. The zero-order valence-corrected chi connectivity index (χ0v) is 16.7. The van der Waals surface area contributed by atoms with Gasteiger partial charge in [-0.25, -0.2) is 28.6 Å². The maximum Gasteiger partial charge on any atom is 0.358 e. The summed E-state index contributed by atoms with van der Waals surface area (Å²) >= 11 is 6.46. The Balaban J connectivity index is 0.000000156. The average Bonchev–Trinajstić information content (AvgIpc) is 3.24. The summed E-state index contributed by atoms with van der Waals surface area (Å²) in [6.07, 6.45) is 6.59. The molecular formula is C15H10Br2N6O4. The fourth-order valence-electron chi connectivity index (χ4n) is 2.02. The zero-order chi connectivity index (χ0) is 19.6. The van der Waals surface area contributed by atoms with Crippen LogP contribution >= 0.6 is 31.9 Å². The number of esters is 1. The summed E-state index contributed by atoms with van der Waals surface area (Å²) in [4.78, 5) is 29.7. The van der Waals surface area contributed by atoms with Gasteiger partial charge in [0.15, 0.2) is 22.7 Å². The highest BCUT2D eigenvalue weighted by molar-refractivity contribution is 9.10. The molecule has 4 aromatic rings. The summed E-state index contributed by atoms with van der Waals surface area (Å²) < 4.78 is 9.01. The van der Waals surface area contributed by atoms with Crippen LogP contribution in [0.2, 0.25) is 0 Å². The molecule has 0 unspecified atom stereocenters. The maximum absolute atomic E-state index is 11.1. The van der Waals surface area contributed by atoms with E-state index in [0.29, 0.717) is 11.3 Å². The number of halogens is 2. The predicted molar refractivity (Wildman–Crippen MR) is 99.7 cm³/mol. The third-order valence-corrected chi connectivity index (χ3v) is 4.00. The van der Waals surface area contributed by atoms with Gasteiger partial charge in [-0.2, -0.15) is 10.2 Å². The van der Waals surface area contributed by atoms with Crippen LogP contribution in [-0.4, -0.2) is 53.4 Å². The Hall–Kier alpha value is -2.86. The summed E-state index contributed by atoms with van der Waals surface area (Å²) in [6, 6.07) is 2.98. The van der Waals surface area contributed by atoms with Crippen LogP contribution in [0.5, 0.6) is 0 Å². The van der Waals surface area contributed by atoms with Crippen molar-refractivity contribution in [3.63, 3.8) is 0 Å². The van der Waals surface area contributed by atoms with E-state index < -0.39 is 11.9 Å². The zero-order valence-electron chi connectivity index (χ0n) is 13.6. The van der Waals surface area contributed by atoms with Crippen LogP contribution in [0.4, 0.5) is 0 Å². The second-order valence-corrected chi connectivity index (χ2v) is 6.84. The molecule has 0 bridgehead atoms. The highest BCUT2D eigenvalue weighted by Gasteiger charge is 2.11. The molecule has 10 nitrogen and oxygen atoms in total. The fourth-order valence-corrected chi connectivity index (χ4v) is 2.61. The first-order valence-electron chi connectivity index (χ1n) is 7.21. The topological polar surface area (TPSA) is 124 Å². The molecule has 4 heterocycles. The molecule has 27 heavy (non-hydrogen) atoms. The normalized spacial score (nSPS) is 10.5. The van der Waals surface area contributed by atoms with Crippen molar-refractivity contribution in [3.8, 4) is 0 Å². The number of fused-ring (bicyclic) bond motifs is 2. The van der Waals surface area contributed by atoms with Crippen molar-refractivity contribution in [2.24, 2.45) is 0 Å². The lowest BCUT2D eigenvalue weighted by Gasteiger charge is -1.91. The monoisotopic (exact) mass is 496 g/mol. The van der Waals surface area contributed by atoms with Crippen molar-refractivity contribution in [2.75, 3.05) is 7.11 Å². The van der Waals surface area contributed by atoms with Crippen LogP contribution in [0, 0.1) is 0 Å². The smallest absolute Gasteiger partial charge is 0.358 e. The van der Waals surface area contributed by atoms with Gasteiger partial charge in [-0.05, 0) is 31.9 Å². The lowest BCUT2D eigenvalue weighted by atomic mass is 10.4. The molecule has 0 aliphatic rings. The number of carbonyl (C=O) groups excluding carboxylic acids is 1. The largest absolute Gasteiger partial charge is 0.476 e. The Bertz CT molecular complexity index is 1160. The van der Waals surface area contributed by atoms with E-state index in [9.17, 15) is 9.59 Å². The van der Waals surface area contributed by atoms with E-state index in [0.717, 1.165) is 8.95 Å². The van der Waals surface area contributed by atoms with Crippen molar-refractivity contribution >= 4 is 55.1 Å². The molecule has 4 rings (SSSR count). The molecule has 12 heteroatoms. The fraction of sp³-hybridized carbons (Fsp3) is 0.0667. The van der Waals surface area contributed by atoms with Crippen LogP contribution in [0.25, 0.3) is 11.3 Å². The van der Waals surface area contributed by atoms with Gasteiger partial charge in [-0.3, -0.25) is 0 Å². The standard InChI is InChI=1S/C8H6BrN3O2.C7H4BrN3O2/c1-14-8(13)6-2-7-10-3-5(9)4-12(7)11-6;8-4-2-9-6-1-5(7(12)13)10-11(6)3-4/h2-4H,1H3;1-3H,(H,12,13). The van der Waals surface area contributed by atoms with Crippen molar-refractivity contribution in [1.29, 1.82) is 0 Å². The first kappa shape index (κ1) is 18.9. The Morgan fingerprint density at radius 2 is 1.44 bits per heavy atom. The molecule has 0 saturated carbocycles. The van der Waals surface area contributed by atoms with E-state index in [1.165, 1.54) is 22.2 Å². The Morgan fingerprint density at radius 1 is 0.963 bits per heavy atom. The van der Waals surface area contributed by atoms with Crippen LogP contribution < -0.4 is 0 Å². The number of hydrogen-bond donors (Lipinski definition) is 1. The number of hydrogen-bond acceptors (Lipinski definition) is 7. The highest BCUT2D eigenvalue weighted by Crippen LogP contribution is 2.11. The maximum atomic E-state index is 11.1. The van der Waals surface area contributed by atoms with Gasteiger partial charge >= 0.3 is 11.9 Å². The summed E-state index contributed by atoms with van der Waals surface area (Å²) in [6.45, 7) is 0. The average molecular weight is 498 g/mol. The number of nitrogens with zero attached hydrogens (tertiary/aromatic N) is 6. The van der Waals surface area contributed by atoms with Crippen molar-refractivity contribution in [3.05, 3.63) is 57.3 Å². The van der Waals surface area contributed by atoms with Crippen LogP contribution in [0.3, 0.4) is 0 Å². The van der Waals surface area contributed by atoms with Crippen LogP contribution in [-0.2, 0) is 4.74 Å². The number of rotatable bonds is 2. The minimum Gasteiger partial charge on any atom is -0.476 e. The highest BCUT2D eigenvalue weighted by atomic mass is 79.9. The van der Waals surface area contributed by atoms with E-state index in [4.69, 9.17) is 5.11 Å². The minimum atomic E-state index is -1.05. The van der Waals surface area contributed by atoms with Crippen molar-refractivity contribution < 1.29 is 19.4 Å². The molecule has 0 saturated heterocycles. The number of carboxylic acid groups (broad SMARTS) is 1. The third-order valence-electron chi connectivity index (χ3n) is 3.18. The Morgan fingerprint density at radius 3 is 1.93 bits per heavy atom. The van der Waals surface area contributed by atoms with Gasteiger partial charge in [0.05, 0.1) is 16.1 Å². The number of methoxy groups -OCH3 is 1. The van der Waals surface area contributed by atoms with Gasteiger partial charge in [0, 0.05) is 36.9 Å². The summed E-state index contributed by atoms with van der Waals surface area (Å²) in [5, 5.41) is 16.4. The van der Waals surface area contributed by atoms with E-state index in [1.54, 1.807) is 30.9 Å². The van der Waals surface area contributed by atoms with E-state index >= 15 is 0 Å². The molecule has 0 aliphatic heterocycles. The molecule has 0 amide bonds. The summed E-state index contributed by atoms with van der Waals surface area (Å²) in [7, 11) is 1.32. The number of carbonyl (C=O) groups is 2. The van der Waals surface area contributed by atoms with E-state index in [1.807, 2.05) is 0 Å². The van der Waals surface area contributed by atoms with Gasteiger partial charge < -0.3 is 9.84 Å². The van der Waals surface area contributed by atoms with Crippen molar-refractivity contribution in [1.82, 2.24) is 29.2 Å². The van der Waals surface area contributed by atoms with Gasteiger partial charge in [-0.15, -0.1) is 0 Å². The SMILES string of the molecule is COC(=O)c1cc2ncc(Br)cn2n1.O=C(O)c1cc2ncc(Br)cn2n1. The molecule has 1 N–H and O–H groups in total. The molecule has 4 aromatic heterocycles. The van der Waals surface area contributed by atoms with Crippen molar-refractivity contribution in [2.45, 2.75) is 0 Å². The predicted octanol–water partition coefficient (Wildman–Crippen LogP) is 2.47. The number of aromatic carboxylic acids is 1. The molecule has 138 valence electrons. The van der Waals surface area contributed by atoms with Crippen LogP contribution in [0.15, 0.2) is 45.9 Å². The van der Waals surface area contributed by atoms with Crippen LogP contribution in [0.1, 0.15) is 21.0 Å². The van der Waals surface area contributed by atoms with E-state index in [-0.39, 0.29) is 11.4 Å². The van der Waals surface area contributed by atoms with E-state index in [2.05, 4.69) is 56.8 Å². The number of ether oxygens (including phenoxy) is 1. The molecule has 0 atom stereocenters. The molecule has 0 aromatic carbocycles. The molecular weight excluding hydrogens is 488 g/mol. The number of aromatic nitrogens is 6. The quantitative estimate of drug-likeness (QED) is 0.419. The second kappa shape index (κ2) is 7.80. The molecule has 0 aliphatic carbocycles. The third kappa shape index (κ3) is 4.28. The first-order valence-corrected chi connectivity index (χ1v) is 8.79. The Labute approximate surface area is 168 Å². The minimum absolute atomic E-state index is 0.00870. The van der Waals surface area contributed by atoms with Gasteiger partial charge in [0.1, 0.15) is 0 Å². The van der Waals surface area contributed by atoms with Gasteiger partial charge in [0.25, 0.3) is 0 Å².